The van der Waals surface area contributed by atoms with E-state index in [1.807, 2.05) is 0 Å². The molecule has 0 aromatic carbocycles. The Morgan fingerprint density at radius 3 is 1.50 bits per heavy atom. The minimum Gasteiger partial charge on any atom is -0.466 e. The largest absolute Gasteiger partial charge is 0.466 e. The van der Waals surface area contributed by atoms with Gasteiger partial charge in [0.05, 0.1) is 25.4 Å². The smallest absolute Gasteiger partial charge is 0.305 e. The zero-order valence-electron chi connectivity index (χ0n) is 33.1. The van der Waals surface area contributed by atoms with Gasteiger partial charge in [0.2, 0.25) is 5.91 Å². The van der Waals surface area contributed by atoms with Crippen molar-refractivity contribution in [1.29, 1.82) is 0 Å². The Balaban J connectivity index is 3.58. The summed E-state index contributed by atoms with van der Waals surface area (Å²) in [5.41, 5.74) is 0. The number of hydrogen-bond acceptors (Lipinski definition) is 5. The summed E-state index contributed by atoms with van der Waals surface area (Å²) in [6.07, 6.45) is 44.2. The molecule has 6 nitrogen and oxygen atoms in total. The van der Waals surface area contributed by atoms with Crippen molar-refractivity contribution >= 4 is 11.9 Å². The minimum atomic E-state index is -0.693. The lowest BCUT2D eigenvalue weighted by molar-refractivity contribution is -0.143. The molecule has 50 heavy (non-hydrogen) atoms. The molecule has 1 amide bonds. The lowest BCUT2D eigenvalue weighted by atomic mass is 10.0. The topological polar surface area (TPSA) is 95.9 Å². The van der Waals surface area contributed by atoms with E-state index in [1.54, 1.807) is 0 Å². The number of carbonyl (C=O) groups excluding carboxylic acids is 2. The standard InChI is InChI=1S/C44H83NO5/c1-3-5-7-9-11-13-15-17-20-24-28-32-36-42(47)41(40-46)45-43(48)37-33-29-25-21-19-23-27-31-35-39-50-44(49)38-34-30-26-22-18-16-14-12-10-8-6-4-2/h12,14,21,25,41-42,46-47H,3-11,13,15-20,22-24,26-40H2,1-2H3,(H,45,48)/b14-12-,25-21-. The lowest BCUT2D eigenvalue weighted by Gasteiger charge is -2.22. The molecular formula is C44H83NO5. The van der Waals surface area contributed by atoms with Crippen LogP contribution in [0.15, 0.2) is 24.3 Å². The summed E-state index contributed by atoms with van der Waals surface area (Å²) in [5, 5.41) is 23.0. The van der Waals surface area contributed by atoms with Gasteiger partial charge in [-0.15, -0.1) is 0 Å². The summed E-state index contributed by atoms with van der Waals surface area (Å²) in [5.74, 6) is -0.145. The number of nitrogens with one attached hydrogen (secondary N) is 1. The molecule has 0 aromatic rings. The predicted octanol–water partition coefficient (Wildman–Crippen LogP) is 12.0. The molecule has 0 aliphatic rings. The maximum Gasteiger partial charge on any atom is 0.305 e. The van der Waals surface area contributed by atoms with Crippen LogP contribution < -0.4 is 5.32 Å². The molecule has 0 rings (SSSR count). The molecule has 6 heteroatoms. The maximum atomic E-state index is 12.4. The summed E-state index contributed by atoms with van der Waals surface area (Å²) in [7, 11) is 0. The van der Waals surface area contributed by atoms with E-state index in [-0.39, 0.29) is 18.5 Å². The molecule has 2 atom stereocenters. The van der Waals surface area contributed by atoms with Gasteiger partial charge in [0.15, 0.2) is 0 Å². The Bertz CT molecular complexity index is 782. The van der Waals surface area contributed by atoms with Crippen LogP contribution in [-0.4, -0.2) is 47.4 Å². The normalized spacial score (nSPS) is 13.0. The highest BCUT2D eigenvalue weighted by molar-refractivity contribution is 5.76. The van der Waals surface area contributed by atoms with Gasteiger partial charge in [0.25, 0.3) is 0 Å². The van der Waals surface area contributed by atoms with Crippen molar-refractivity contribution in [3.05, 3.63) is 24.3 Å². The Morgan fingerprint density at radius 2 is 0.960 bits per heavy atom. The molecular weight excluding hydrogens is 622 g/mol. The molecule has 3 N–H and O–H groups in total. The molecule has 0 saturated carbocycles. The maximum absolute atomic E-state index is 12.4. The number of unbranched alkanes of at least 4 members (excludes halogenated alkanes) is 24. The third kappa shape index (κ3) is 36.1. The second-order valence-electron chi connectivity index (χ2n) is 14.7. The van der Waals surface area contributed by atoms with E-state index in [9.17, 15) is 19.8 Å². The second kappa shape index (κ2) is 40.1. The van der Waals surface area contributed by atoms with E-state index in [1.165, 1.54) is 116 Å². The van der Waals surface area contributed by atoms with E-state index in [0.717, 1.165) is 70.6 Å². The first kappa shape index (κ1) is 48.3. The number of rotatable bonds is 39. The Kier molecular flexibility index (Phi) is 38.8. The fourth-order valence-corrected chi connectivity index (χ4v) is 6.34. The van der Waals surface area contributed by atoms with Gasteiger partial charge in [-0.2, -0.15) is 0 Å². The van der Waals surface area contributed by atoms with E-state index in [2.05, 4.69) is 43.5 Å². The van der Waals surface area contributed by atoms with Crippen LogP contribution in [0.2, 0.25) is 0 Å². The molecule has 0 aliphatic heterocycles. The van der Waals surface area contributed by atoms with Crippen LogP contribution in [0.3, 0.4) is 0 Å². The van der Waals surface area contributed by atoms with Crippen molar-refractivity contribution in [2.75, 3.05) is 13.2 Å². The highest BCUT2D eigenvalue weighted by atomic mass is 16.5. The number of allylic oxidation sites excluding steroid dienone is 4. The van der Waals surface area contributed by atoms with Crippen molar-refractivity contribution in [2.24, 2.45) is 0 Å². The highest BCUT2D eigenvalue weighted by Crippen LogP contribution is 2.14. The van der Waals surface area contributed by atoms with Crippen molar-refractivity contribution in [3.63, 3.8) is 0 Å². The Morgan fingerprint density at radius 1 is 0.540 bits per heavy atom. The third-order valence-electron chi connectivity index (χ3n) is 9.72. The average molecular weight is 706 g/mol. The van der Waals surface area contributed by atoms with Crippen LogP contribution in [0.5, 0.6) is 0 Å². The van der Waals surface area contributed by atoms with E-state index < -0.39 is 12.1 Å². The van der Waals surface area contributed by atoms with Crippen molar-refractivity contribution in [3.8, 4) is 0 Å². The number of esters is 1. The number of ether oxygens (including phenoxy) is 1. The number of amides is 1. The van der Waals surface area contributed by atoms with Crippen LogP contribution in [-0.2, 0) is 14.3 Å². The minimum absolute atomic E-state index is 0.0468. The summed E-state index contributed by atoms with van der Waals surface area (Å²) < 4.78 is 5.40. The van der Waals surface area contributed by atoms with E-state index in [0.29, 0.717) is 25.9 Å². The highest BCUT2D eigenvalue weighted by Gasteiger charge is 2.19. The van der Waals surface area contributed by atoms with Crippen LogP contribution in [0, 0.1) is 0 Å². The molecule has 0 aromatic heterocycles. The zero-order chi connectivity index (χ0) is 36.6. The van der Waals surface area contributed by atoms with Crippen LogP contribution in [0.4, 0.5) is 0 Å². The van der Waals surface area contributed by atoms with Crippen molar-refractivity contribution in [2.45, 2.75) is 231 Å². The van der Waals surface area contributed by atoms with Gasteiger partial charge >= 0.3 is 5.97 Å². The molecule has 0 aliphatic carbocycles. The predicted molar refractivity (Wildman–Crippen MR) is 213 cm³/mol. The summed E-state index contributed by atoms with van der Waals surface area (Å²) in [6, 6.07) is -0.577. The van der Waals surface area contributed by atoms with Gasteiger partial charge < -0.3 is 20.3 Å². The zero-order valence-corrected chi connectivity index (χ0v) is 33.1. The summed E-state index contributed by atoms with van der Waals surface area (Å²) in [6.45, 7) is 4.81. The Hall–Kier alpha value is -1.66. The quantitative estimate of drug-likeness (QED) is 0.0336. The van der Waals surface area contributed by atoms with Gasteiger partial charge in [-0.25, -0.2) is 0 Å². The number of hydrogen-bond donors (Lipinski definition) is 3. The van der Waals surface area contributed by atoms with E-state index in [4.69, 9.17) is 4.74 Å². The molecule has 0 fully saturated rings. The summed E-state index contributed by atoms with van der Waals surface area (Å²) >= 11 is 0. The number of aliphatic hydroxyl groups excluding tert-OH is 2. The molecule has 0 saturated heterocycles. The summed E-state index contributed by atoms with van der Waals surface area (Å²) in [4.78, 5) is 24.3. The molecule has 294 valence electrons. The molecule has 0 bridgehead atoms. The number of carbonyl (C=O) groups is 2. The fraction of sp³-hybridized carbons (Fsp3) is 0.864. The average Bonchev–Trinajstić information content (AvgIpc) is 3.11. The van der Waals surface area contributed by atoms with Gasteiger partial charge in [-0.3, -0.25) is 9.59 Å². The van der Waals surface area contributed by atoms with Crippen LogP contribution in [0.1, 0.15) is 219 Å². The molecule has 0 radical (unpaired) electrons. The van der Waals surface area contributed by atoms with Crippen molar-refractivity contribution < 1.29 is 24.5 Å². The molecule has 0 heterocycles. The third-order valence-corrected chi connectivity index (χ3v) is 9.72. The first-order valence-electron chi connectivity index (χ1n) is 21.6. The second-order valence-corrected chi connectivity index (χ2v) is 14.7. The van der Waals surface area contributed by atoms with Gasteiger partial charge in [-0.05, 0) is 70.6 Å². The molecule has 0 spiro atoms. The monoisotopic (exact) mass is 706 g/mol. The lowest BCUT2D eigenvalue weighted by Crippen LogP contribution is -2.45. The van der Waals surface area contributed by atoms with Crippen LogP contribution in [0.25, 0.3) is 0 Å². The van der Waals surface area contributed by atoms with Gasteiger partial charge in [0, 0.05) is 12.8 Å². The fourth-order valence-electron chi connectivity index (χ4n) is 6.34. The first-order chi connectivity index (χ1) is 24.5. The van der Waals surface area contributed by atoms with Gasteiger partial charge in [0.1, 0.15) is 0 Å². The Labute approximate surface area is 310 Å². The first-order valence-corrected chi connectivity index (χ1v) is 21.6. The van der Waals surface area contributed by atoms with Crippen LogP contribution >= 0.6 is 0 Å². The van der Waals surface area contributed by atoms with Gasteiger partial charge in [-0.1, -0.05) is 160 Å². The SMILES string of the molecule is CCCCC/C=C\CCCCCCCC(=O)OCCCCCC/C=C\CCCC(=O)NC(CO)C(O)CCCCCCCCCCCCCC. The van der Waals surface area contributed by atoms with Crippen molar-refractivity contribution in [1.82, 2.24) is 5.32 Å². The number of aliphatic hydroxyl groups is 2. The molecule has 2 unspecified atom stereocenters. The van der Waals surface area contributed by atoms with E-state index >= 15 is 0 Å².